The fraction of sp³-hybridized carbons (Fsp3) is 0.362. The van der Waals surface area contributed by atoms with Crippen molar-refractivity contribution in [3.63, 3.8) is 0 Å². The summed E-state index contributed by atoms with van der Waals surface area (Å²) < 4.78 is 36.3. The lowest BCUT2D eigenvalue weighted by Gasteiger charge is -2.30. The van der Waals surface area contributed by atoms with E-state index in [0.717, 1.165) is 60.3 Å². The fourth-order valence-corrected chi connectivity index (χ4v) is 10.4. The topological polar surface area (TPSA) is 191 Å². The molecule has 386 valence electrons. The molecular formula is C58H61N3O12S. The molecule has 1 atom stereocenters. The van der Waals surface area contributed by atoms with Crippen molar-refractivity contribution < 1.29 is 57.5 Å². The van der Waals surface area contributed by atoms with Crippen molar-refractivity contribution in [1.82, 2.24) is 9.55 Å². The Labute approximate surface area is 433 Å². The molecule has 1 N–H and O–H groups in total. The van der Waals surface area contributed by atoms with Crippen LogP contribution in [0.2, 0.25) is 0 Å². The van der Waals surface area contributed by atoms with Gasteiger partial charge in [0.15, 0.2) is 6.29 Å². The zero-order valence-electron chi connectivity index (χ0n) is 41.3. The van der Waals surface area contributed by atoms with Crippen LogP contribution < -0.4 is 9.47 Å². The van der Waals surface area contributed by atoms with Gasteiger partial charge in [0.05, 0.1) is 65.4 Å². The highest BCUT2D eigenvalue weighted by Crippen LogP contribution is 2.39. The third kappa shape index (κ3) is 13.4. The van der Waals surface area contributed by atoms with Crippen LogP contribution in [-0.2, 0) is 42.9 Å². The largest absolute Gasteiger partial charge is 0.465 e. The number of esters is 5. The molecule has 16 heteroatoms. The number of hydrogen-bond donors (Lipinski definition) is 1. The van der Waals surface area contributed by atoms with E-state index in [1.165, 1.54) is 0 Å². The third-order valence-electron chi connectivity index (χ3n) is 13.6. The van der Waals surface area contributed by atoms with E-state index in [9.17, 15) is 29.1 Å². The van der Waals surface area contributed by atoms with E-state index >= 15 is 0 Å². The average molecular weight is 1020 g/mol. The summed E-state index contributed by atoms with van der Waals surface area (Å²) in [6.45, 7) is 11.8. The lowest BCUT2D eigenvalue weighted by atomic mass is 9.81. The number of ether oxygens (including phenoxy) is 6. The van der Waals surface area contributed by atoms with E-state index in [0.29, 0.717) is 82.7 Å². The van der Waals surface area contributed by atoms with Crippen molar-refractivity contribution >= 4 is 91.3 Å². The Bertz CT molecular complexity index is 3020. The molecule has 0 spiro atoms. The highest BCUT2D eigenvalue weighted by molar-refractivity contribution is 7.21. The molecule has 0 amide bonds. The number of para-hydroxylation sites is 1. The standard InChI is InChI=1S/C58H61N3O12S/c1-4-52(62)68-29-9-11-31-70-55(64)38-16-20-40(21-17-38)57(66)72-43-25-28-50(73-58(67)41-22-18-39(19-23-41)56(65)71-32-12-10-30-69-53(63)5-2)47(35-43)59-36-37-15-27-48-45(33-37)44-26-24-42(34-49(44)61(48)6-3)54-60-46-13-7-8-14-51(46)74-54/h4-8,13-15,24-28,33-36,38-41,58,67H,1-3,9-12,16-23,29-32H2. The van der Waals surface area contributed by atoms with Crippen molar-refractivity contribution in [1.29, 1.82) is 0 Å². The van der Waals surface area contributed by atoms with Crippen LogP contribution in [-0.4, -0.2) is 83.4 Å². The lowest BCUT2D eigenvalue weighted by Crippen LogP contribution is -2.32. The SMILES string of the molecule is C=CC(=O)OCCCCOC(=O)C1CCC(C(=O)Oc2ccc(OC(O)C3CCC(C(=O)OCCCCOC(=O)C=C)CC3)c(N=Cc3ccc4c(c3)c3ccc(-c5nc6ccccc6s5)cc3n4C=C)c2)CC1. The van der Waals surface area contributed by atoms with Gasteiger partial charge < -0.3 is 38.1 Å². The second-order valence-corrected chi connectivity index (χ2v) is 19.5. The quantitative estimate of drug-likeness (QED) is 0.0121. The van der Waals surface area contributed by atoms with Crippen molar-refractivity contribution in [2.24, 2.45) is 28.7 Å². The molecule has 0 bridgehead atoms. The molecule has 2 fully saturated rings. The first-order chi connectivity index (χ1) is 36.0. The number of rotatable bonds is 23. The highest BCUT2D eigenvalue weighted by Gasteiger charge is 2.34. The van der Waals surface area contributed by atoms with Gasteiger partial charge in [-0.3, -0.25) is 19.4 Å². The first kappa shape index (κ1) is 52.9. The molecule has 2 aliphatic rings. The smallest absolute Gasteiger partial charge is 0.330 e. The summed E-state index contributed by atoms with van der Waals surface area (Å²) in [5, 5.41) is 14.4. The van der Waals surface area contributed by atoms with Crippen LogP contribution in [0.5, 0.6) is 11.5 Å². The summed E-state index contributed by atoms with van der Waals surface area (Å²) in [5.41, 5.74) is 5.03. The van der Waals surface area contributed by atoms with E-state index in [4.69, 9.17) is 38.4 Å². The van der Waals surface area contributed by atoms with Crippen molar-refractivity contribution in [2.45, 2.75) is 83.3 Å². The molecule has 2 aliphatic carbocycles. The number of unbranched alkanes of at least 4 members (excludes halogenated alkanes) is 2. The van der Waals surface area contributed by atoms with Crippen LogP contribution in [0.1, 0.15) is 82.6 Å². The number of nitrogens with zero attached hydrogens (tertiary/aromatic N) is 3. The number of hydrogen-bond acceptors (Lipinski definition) is 15. The summed E-state index contributed by atoms with van der Waals surface area (Å²) in [6, 6.07) is 25.3. The van der Waals surface area contributed by atoms with Crippen molar-refractivity contribution in [3.8, 4) is 22.1 Å². The molecule has 74 heavy (non-hydrogen) atoms. The van der Waals surface area contributed by atoms with Gasteiger partial charge in [-0.2, -0.15) is 0 Å². The van der Waals surface area contributed by atoms with Gasteiger partial charge in [-0.05, 0) is 125 Å². The van der Waals surface area contributed by atoms with Gasteiger partial charge in [-0.1, -0.05) is 50.1 Å². The van der Waals surface area contributed by atoms with Gasteiger partial charge in [0.1, 0.15) is 22.2 Å². The Morgan fingerprint density at radius 1 is 0.676 bits per heavy atom. The zero-order valence-corrected chi connectivity index (χ0v) is 42.1. The number of carbonyl (C=O) groups is 5. The lowest BCUT2D eigenvalue weighted by molar-refractivity contribution is -0.152. The minimum atomic E-state index is -1.22. The molecule has 6 aromatic rings. The molecular weight excluding hydrogens is 963 g/mol. The number of aliphatic hydroxyl groups excluding tert-OH is 1. The van der Waals surface area contributed by atoms with E-state index in [1.54, 1.807) is 42.0 Å². The predicted molar refractivity (Wildman–Crippen MR) is 284 cm³/mol. The maximum absolute atomic E-state index is 13.6. The number of aliphatic imine (C=N–C) groups is 1. The highest BCUT2D eigenvalue weighted by atomic mass is 32.1. The van der Waals surface area contributed by atoms with Crippen molar-refractivity contribution in [2.75, 3.05) is 26.4 Å². The van der Waals surface area contributed by atoms with Crippen LogP contribution in [0.3, 0.4) is 0 Å². The number of carbonyl (C=O) groups excluding carboxylic acids is 5. The summed E-state index contributed by atoms with van der Waals surface area (Å²) >= 11 is 1.65. The fourth-order valence-electron chi connectivity index (χ4n) is 9.46. The minimum Gasteiger partial charge on any atom is -0.465 e. The van der Waals surface area contributed by atoms with Crippen LogP contribution in [0.15, 0.2) is 116 Å². The second-order valence-electron chi connectivity index (χ2n) is 18.5. The van der Waals surface area contributed by atoms with Gasteiger partial charge >= 0.3 is 29.8 Å². The maximum Gasteiger partial charge on any atom is 0.330 e. The van der Waals surface area contributed by atoms with E-state index in [2.05, 4.69) is 54.6 Å². The molecule has 1 unspecified atom stereocenters. The number of aromatic nitrogens is 2. The molecule has 2 saturated carbocycles. The van der Waals surface area contributed by atoms with Crippen molar-refractivity contribution in [3.05, 3.63) is 116 Å². The molecule has 8 rings (SSSR count). The Morgan fingerprint density at radius 2 is 1.28 bits per heavy atom. The minimum absolute atomic E-state index is 0.217. The molecule has 4 aromatic carbocycles. The Hall–Kier alpha value is -7.43. The average Bonchev–Trinajstić information content (AvgIpc) is 4.01. The van der Waals surface area contributed by atoms with Crippen LogP contribution >= 0.6 is 11.3 Å². The zero-order chi connectivity index (χ0) is 52.0. The van der Waals surface area contributed by atoms with E-state index < -0.39 is 30.1 Å². The third-order valence-corrected chi connectivity index (χ3v) is 14.7. The van der Waals surface area contributed by atoms with Crippen LogP contribution in [0.4, 0.5) is 5.69 Å². The number of benzene rings is 4. The molecule has 0 saturated heterocycles. The Morgan fingerprint density at radius 3 is 1.91 bits per heavy atom. The first-order valence-corrected chi connectivity index (χ1v) is 26.1. The van der Waals surface area contributed by atoms with Crippen LogP contribution in [0.25, 0.3) is 48.8 Å². The second kappa shape index (κ2) is 25.5. The number of aliphatic hydroxyl groups is 1. The molecule has 2 aromatic heterocycles. The number of thiazole rings is 1. The van der Waals surface area contributed by atoms with Gasteiger partial charge in [-0.15, -0.1) is 11.3 Å². The monoisotopic (exact) mass is 1020 g/mol. The summed E-state index contributed by atoms with van der Waals surface area (Å²) in [5.74, 6) is -2.78. The predicted octanol–water partition coefficient (Wildman–Crippen LogP) is 11.2. The molecule has 0 radical (unpaired) electrons. The van der Waals surface area contributed by atoms with Gasteiger partial charge in [0.25, 0.3) is 0 Å². The summed E-state index contributed by atoms with van der Waals surface area (Å²) in [7, 11) is 0. The van der Waals surface area contributed by atoms with Crippen LogP contribution in [0, 0.1) is 23.7 Å². The summed E-state index contributed by atoms with van der Waals surface area (Å²) in [6.07, 6.45) is 10.7. The number of fused-ring (bicyclic) bond motifs is 4. The summed E-state index contributed by atoms with van der Waals surface area (Å²) in [4.78, 5) is 71.5. The van der Waals surface area contributed by atoms with E-state index in [1.807, 2.05) is 30.3 Å². The molecule has 15 nitrogen and oxygen atoms in total. The normalized spacial score (nSPS) is 18.1. The Balaban J connectivity index is 0.941. The maximum atomic E-state index is 13.6. The Kier molecular flexibility index (Phi) is 18.2. The van der Waals surface area contributed by atoms with Gasteiger partial charge in [0, 0.05) is 52.9 Å². The molecule has 2 heterocycles. The first-order valence-electron chi connectivity index (χ1n) is 25.2. The van der Waals surface area contributed by atoms with Gasteiger partial charge in [-0.25, -0.2) is 14.6 Å². The van der Waals surface area contributed by atoms with Gasteiger partial charge in [0.2, 0.25) is 0 Å². The molecule has 0 aliphatic heterocycles. The van der Waals surface area contributed by atoms with E-state index in [-0.39, 0.29) is 67.6 Å².